The first-order valence-electron chi connectivity index (χ1n) is 13.1. The number of H-pyrrole nitrogens is 1. The van der Waals surface area contributed by atoms with E-state index in [1.165, 1.54) is 23.2 Å². The van der Waals surface area contributed by atoms with Crippen LogP contribution in [-0.2, 0) is 51.2 Å². The Labute approximate surface area is 264 Å². The molecule has 7 N–H and O–H groups in total. The van der Waals surface area contributed by atoms with E-state index in [1.54, 1.807) is 0 Å². The molecule has 4 aromatic rings. The van der Waals surface area contributed by atoms with Crippen molar-refractivity contribution in [2.75, 3.05) is 24.7 Å². The summed E-state index contributed by atoms with van der Waals surface area (Å²) in [7, 11) is 0. The molecule has 7 rings (SSSR count). The van der Waals surface area contributed by atoms with Crippen LogP contribution >= 0.6 is 13.4 Å². The van der Waals surface area contributed by atoms with E-state index in [-0.39, 0.29) is 34.0 Å². The number of nitrogen functional groups attached to an aromatic ring is 2. The van der Waals surface area contributed by atoms with Gasteiger partial charge in [0.15, 0.2) is 47.6 Å². The van der Waals surface area contributed by atoms with E-state index in [0.29, 0.717) is 0 Å². The van der Waals surface area contributed by atoms with Crippen LogP contribution in [0.2, 0.25) is 0 Å². The lowest BCUT2D eigenvalue weighted by molar-refractivity contribution is -0.118. The number of hydrogen-bond donors (Lipinski definition) is 5. The molecule has 0 aromatic carbocycles. The van der Waals surface area contributed by atoms with E-state index in [2.05, 4.69) is 24.9 Å². The molecule has 0 spiro atoms. The predicted octanol–water partition coefficient (Wildman–Crippen LogP) is 0.748. The number of anilines is 2. The molecular formula is C21H22F3N9O9P2S2. The molecule has 3 aliphatic rings. The third-order valence-electron chi connectivity index (χ3n) is 7.42. The minimum absolute atomic E-state index is 0.157. The zero-order valence-corrected chi connectivity index (χ0v) is 26.1. The van der Waals surface area contributed by atoms with E-state index in [4.69, 9.17) is 62.6 Å². The highest BCUT2D eigenvalue weighted by molar-refractivity contribution is 8.07. The molecule has 0 aliphatic carbocycles. The van der Waals surface area contributed by atoms with Crippen LogP contribution in [0.25, 0.3) is 22.3 Å². The van der Waals surface area contributed by atoms with Gasteiger partial charge < -0.3 is 39.8 Å². The summed E-state index contributed by atoms with van der Waals surface area (Å²) in [6.07, 6.45) is -9.62. The topological polar surface area (TPSA) is 242 Å². The molecular weight excluding hydrogens is 705 g/mol. The Morgan fingerprint density at radius 1 is 0.978 bits per heavy atom. The molecule has 248 valence electrons. The van der Waals surface area contributed by atoms with Gasteiger partial charge in [-0.05, 0) is 29.7 Å². The molecule has 46 heavy (non-hydrogen) atoms. The molecule has 9 atom stereocenters. The second kappa shape index (κ2) is 11.2. The fourth-order valence-electron chi connectivity index (χ4n) is 5.32. The first kappa shape index (κ1) is 31.9. The fourth-order valence-corrected chi connectivity index (χ4v) is 8.14. The molecule has 0 amide bonds. The average molecular weight is 728 g/mol. The van der Waals surface area contributed by atoms with Crippen molar-refractivity contribution in [3.63, 3.8) is 0 Å². The number of nitrogens with one attached hydrogen (secondary N) is 1. The molecule has 2 unspecified atom stereocenters. The van der Waals surface area contributed by atoms with Crippen LogP contribution in [0.1, 0.15) is 12.5 Å². The molecule has 3 aliphatic heterocycles. The number of fused-ring (bicyclic) bond motifs is 5. The summed E-state index contributed by atoms with van der Waals surface area (Å²) in [5, 5.41) is 0. The highest BCUT2D eigenvalue weighted by Gasteiger charge is 2.63. The van der Waals surface area contributed by atoms with Gasteiger partial charge in [-0.15, -0.1) is 0 Å². The largest absolute Gasteiger partial charge is 0.397 e. The van der Waals surface area contributed by atoms with Gasteiger partial charge in [-0.1, -0.05) is 0 Å². The molecule has 7 heterocycles. The van der Waals surface area contributed by atoms with E-state index >= 15 is 13.2 Å². The number of alkyl halides is 3. The lowest BCUT2D eigenvalue weighted by Crippen LogP contribution is -2.42. The van der Waals surface area contributed by atoms with Gasteiger partial charge in [0.05, 0.1) is 31.6 Å². The SMILES string of the molecule is Nc1nc2c(ncn2[C@@H]2O[C@@H]3COP(O)(=S)O[C@H]4[C@H](F)[C@H](n5cnc6c(N)ccnc65)O[C@@H]4COP(O)(=S)O[C@@H]2C3(F)F)c(=O)[nH]1. The van der Waals surface area contributed by atoms with E-state index in [1.807, 2.05) is 0 Å². The molecule has 18 nitrogen and oxygen atoms in total. The summed E-state index contributed by atoms with van der Waals surface area (Å²) in [4.78, 5) is 52.5. The van der Waals surface area contributed by atoms with Crippen molar-refractivity contribution in [1.29, 1.82) is 0 Å². The second-order valence-corrected chi connectivity index (χ2v) is 15.9. The van der Waals surface area contributed by atoms with E-state index in [9.17, 15) is 14.6 Å². The maximum absolute atomic E-state index is 16.0. The van der Waals surface area contributed by atoms with Crippen molar-refractivity contribution in [3.05, 3.63) is 35.3 Å². The van der Waals surface area contributed by atoms with E-state index < -0.39 is 81.2 Å². The van der Waals surface area contributed by atoms with Crippen LogP contribution in [0.5, 0.6) is 0 Å². The average Bonchev–Trinajstić information content (AvgIpc) is 3.71. The fraction of sp³-hybridized carbons (Fsp3) is 0.476. The van der Waals surface area contributed by atoms with Gasteiger partial charge in [0.1, 0.15) is 17.7 Å². The smallest absolute Gasteiger partial charge is 0.325 e. The Hall–Kier alpha value is -2.66. The van der Waals surface area contributed by atoms with Crippen LogP contribution in [0.15, 0.2) is 29.7 Å². The number of hydrogen-bond acceptors (Lipinski definition) is 15. The summed E-state index contributed by atoms with van der Waals surface area (Å²) >= 11 is 10.1. The summed E-state index contributed by atoms with van der Waals surface area (Å²) in [6.45, 7) is -11.0. The molecule has 2 bridgehead atoms. The normalized spacial score (nSPS) is 36.7. The highest BCUT2D eigenvalue weighted by Crippen LogP contribution is 2.57. The van der Waals surface area contributed by atoms with E-state index in [0.717, 1.165) is 10.9 Å². The van der Waals surface area contributed by atoms with Crippen LogP contribution in [0, 0.1) is 0 Å². The van der Waals surface area contributed by atoms with Crippen molar-refractivity contribution in [3.8, 4) is 0 Å². The minimum atomic E-state index is -4.62. The van der Waals surface area contributed by atoms with Gasteiger partial charge in [0, 0.05) is 6.20 Å². The number of aromatic nitrogens is 7. The lowest BCUT2D eigenvalue weighted by Gasteiger charge is -2.28. The quantitative estimate of drug-likeness (QED) is 0.179. The minimum Gasteiger partial charge on any atom is -0.397 e. The number of pyridine rings is 1. The molecule has 25 heteroatoms. The first-order chi connectivity index (χ1) is 21.6. The summed E-state index contributed by atoms with van der Waals surface area (Å²) in [6, 6.07) is 1.49. The lowest BCUT2D eigenvalue weighted by atomic mass is 10.1. The van der Waals surface area contributed by atoms with Crippen molar-refractivity contribution in [2.45, 2.75) is 49.0 Å². The van der Waals surface area contributed by atoms with Crippen LogP contribution in [0.4, 0.5) is 24.8 Å². The Morgan fingerprint density at radius 3 is 2.41 bits per heavy atom. The Bertz CT molecular complexity index is 2000. The zero-order chi connectivity index (χ0) is 32.8. The van der Waals surface area contributed by atoms with Gasteiger partial charge >= 0.3 is 19.4 Å². The number of nitrogens with zero attached hydrogens (tertiary/aromatic N) is 6. The monoisotopic (exact) mass is 727 g/mol. The van der Waals surface area contributed by atoms with Crippen molar-refractivity contribution >= 4 is 71.0 Å². The van der Waals surface area contributed by atoms with Gasteiger partial charge in [-0.2, -0.15) is 4.98 Å². The van der Waals surface area contributed by atoms with Crippen LogP contribution < -0.4 is 17.0 Å². The Kier molecular flexibility index (Phi) is 7.78. The molecule has 3 saturated heterocycles. The number of rotatable bonds is 2. The molecule has 3 fully saturated rings. The summed E-state index contributed by atoms with van der Waals surface area (Å²) < 4.78 is 82.6. The third-order valence-corrected chi connectivity index (χ3v) is 10.5. The maximum atomic E-state index is 16.0. The number of nitrogens with two attached hydrogens (primary N) is 2. The molecule has 4 aromatic heterocycles. The second-order valence-electron chi connectivity index (χ2n) is 10.3. The molecule has 0 saturated carbocycles. The van der Waals surface area contributed by atoms with Gasteiger partial charge in [-0.3, -0.25) is 28.0 Å². The van der Waals surface area contributed by atoms with Crippen LogP contribution in [-0.4, -0.2) is 93.6 Å². The van der Waals surface area contributed by atoms with Crippen molar-refractivity contribution < 1.29 is 50.5 Å². The van der Waals surface area contributed by atoms with Gasteiger partial charge in [0.25, 0.3) is 5.56 Å². The number of aromatic amines is 1. The first-order valence-corrected chi connectivity index (χ1v) is 18.3. The van der Waals surface area contributed by atoms with Crippen LogP contribution in [0.3, 0.4) is 0 Å². The van der Waals surface area contributed by atoms with Crippen molar-refractivity contribution in [2.24, 2.45) is 0 Å². The number of ether oxygens (including phenoxy) is 2. The van der Waals surface area contributed by atoms with Gasteiger partial charge in [0.2, 0.25) is 5.95 Å². The summed E-state index contributed by atoms with van der Waals surface area (Å²) in [5.74, 6) is -4.36. The number of imidazole rings is 2. The Balaban J connectivity index is 1.23. The standard InChI is InChI=1S/C21H22F3N9O9P2S2/c22-10-13-8(39-18(10)32-5-28-11-7(25)1-2-27-15(11)32)3-37-44(36,46)42-14-19(33-6-29-12-16(33)30-20(26)31-17(12)34)40-9(21(14,23)24)4-38-43(35,45)41-13/h1-2,5-6,8-10,13-14,18-19H,3-4H2,(H2,25,27)(H,35,45)(H,36,46)(H3,26,30,31,34)/t8-,9-,10+,13-,14+,18-,19-,43?,44?/m1/s1. The third kappa shape index (κ3) is 5.43. The maximum Gasteiger partial charge on any atom is 0.325 e. The predicted molar refractivity (Wildman–Crippen MR) is 157 cm³/mol. The summed E-state index contributed by atoms with van der Waals surface area (Å²) in [5.41, 5.74) is 11.0. The number of halogens is 3. The van der Waals surface area contributed by atoms with Crippen molar-refractivity contribution in [1.82, 2.24) is 34.1 Å². The molecule has 0 radical (unpaired) electrons. The van der Waals surface area contributed by atoms with Gasteiger partial charge in [-0.25, -0.2) is 28.1 Å². The Morgan fingerprint density at radius 2 is 1.65 bits per heavy atom. The highest BCUT2D eigenvalue weighted by atomic mass is 32.5. The zero-order valence-electron chi connectivity index (χ0n) is 22.7.